The van der Waals surface area contributed by atoms with Crippen LogP contribution in [0.15, 0.2) is 103 Å². The molecule has 244 valence electrons. The molecule has 0 aliphatic carbocycles. The van der Waals surface area contributed by atoms with E-state index in [0.717, 1.165) is 71.8 Å². The number of carbonyl (C=O) groups is 1. The summed E-state index contributed by atoms with van der Waals surface area (Å²) in [6, 6.07) is 32.7. The van der Waals surface area contributed by atoms with E-state index in [0.29, 0.717) is 37.6 Å². The zero-order valence-corrected chi connectivity index (χ0v) is 27.2. The average Bonchev–Trinajstić information content (AvgIpc) is 3.48. The van der Waals surface area contributed by atoms with E-state index in [1.165, 1.54) is 0 Å². The van der Waals surface area contributed by atoms with Crippen molar-refractivity contribution < 1.29 is 23.7 Å². The number of hydrogen-bond donors (Lipinski definition) is 1. The molecular formula is C39H43N3O5. The summed E-state index contributed by atoms with van der Waals surface area (Å²) in [6.45, 7) is 5.80. The Morgan fingerprint density at radius 2 is 1.62 bits per heavy atom. The minimum Gasteiger partial charge on any atom is -0.497 e. The third kappa shape index (κ3) is 8.14. The molecular weight excluding hydrogens is 590 g/mol. The van der Waals surface area contributed by atoms with Crippen LogP contribution in [-0.4, -0.2) is 69.0 Å². The Balaban J connectivity index is 1.30. The third-order valence-corrected chi connectivity index (χ3v) is 8.78. The lowest BCUT2D eigenvalue weighted by Gasteiger charge is -2.26. The van der Waals surface area contributed by atoms with Gasteiger partial charge < -0.3 is 28.8 Å². The van der Waals surface area contributed by atoms with Gasteiger partial charge in [0.2, 0.25) is 5.91 Å². The molecule has 1 atom stereocenters. The molecule has 0 bridgehead atoms. The highest BCUT2D eigenvalue weighted by atomic mass is 16.5. The topological polar surface area (TPSA) is 74.2 Å². The van der Waals surface area contributed by atoms with E-state index in [4.69, 9.17) is 18.9 Å². The molecule has 0 spiro atoms. The number of morpholine rings is 1. The second-order valence-corrected chi connectivity index (χ2v) is 11.8. The van der Waals surface area contributed by atoms with E-state index < -0.39 is 0 Å². The van der Waals surface area contributed by atoms with Crippen molar-refractivity contribution in [2.45, 2.75) is 25.5 Å². The number of hydrogen-bond acceptors (Lipinski definition) is 6. The van der Waals surface area contributed by atoms with Gasteiger partial charge in [0.1, 0.15) is 12.4 Å². The van der Waals surface area contributed by atoms with Gasteiger partial charge in [-0.3, -0.25) is 9.69 Å². The first-order valence-corrected chi connectivity index (χ1v) is 16.2. The van der Waals surface area contributed by atoms with Crippen molar-refractivity contribution in [1.82, 2.24) is 14.8 Å². The predicted octanol–water partition coefficient (Wildman–Crippen LogP) is 6.26. The SMILES string of the molecule is COc1ccc(Cn2cc([C@@H](CC(=O)NCCN3CCOCC3)c3ccc(OCc4ccccc4)c(OC)c3)c3ccccc32)cc1. The van der Waals surface area contributed by atoms with E-state index in [1.807, 2.05) is 54.6 Å². The summed E-state index contributed by atoms with van der Waals surface area (Å²) in [6.07, 6.45) is 2.50. The molecule has 0 saturated carbocycles. The highest BCUT2D eigenvalue weighted by Crippen LogP contribution is 2.39. The number of ether oxygens (including phenoxy) is 4. The highest BCUT2D eigenvalue weighted by Gasteiger charge is 2.24. The molecule has 1 aliphatic rings. The molecule has 8 nitrogen and oxygen atoms in total. The van der Waals surface area contributed by atoms with Gasteiger partial charge >= 0.3 is 0 Å². The van der Waals surface area contributed by atoms with Gasteiger partial charge in [-0.05, 0) is 52.6 Å². The van der Waals surface area contributed by atoms with Crippen molar-refractivity contribution in [3.8, 4) is 17.2 Å². The average molecular weight is 634 g/mol. The molecule has 47 heavy (non-hydrogen) atoms. The van der Waals surface area contributed by atoms with E-state index >= 15 is 0 Å². The van der Waals surface area contributed by atoms with Crippen LogP contribution in [0.2, 0.25) is 0 Å². The number of aromatic nitrogens is 1. The fraction of sp³-hybridized carbons (Fsp3) is 0.308. The molecule has 8 heteroatoms. The summed E-state index contributed by atoms with van der Waals surface area (Å²) in [7, 11) is 3.33. The summed E-state index contributed by atoms with van der Waals surface area (Å²) in [5, 5.41) is 4.31. The molecule has 6 rings (SSSR count). The zero-order valence-electron chi connectivity index (χ0n) is 27.2. The van der Waals surface area contributed by atoms with Crippen LogP contribution in [0.4, 0.5) is 0 Å². The Morgan fingerprint density at radius 1 is 0.851 bits per heavy atom. The van der Waals surface area contributed by atoms with E-state index in [-0.39, 0.29) is 11.8 Å². The van der Waals surface area contributed by atoms with Gasteiger partial charge in [0.05, 0.1) is 27.4 Å². The Kier molecular flexibility index (Phi) is 10.7. The van der Waals surface area contributed by atoms with Gasteiger partial charge in [-0.15, -0.1) is 0 Å². The number of rotatable bonds is 14. The number of fused-ring (bicyclic) bond motifs is 1. The molecule has 1 fully saturated rings. The zero-order chi connectivity index (χ0) is 32.4. The molecule has 0 radical (unpaired) electrons. The van der Waals surface area contributed by atoms with Crippen LogP contribution in [0.5, 0.6) is 17.2 Å². The minimum atomic E-state index is -0.211. The molecule has 1 aliphatic heterocycles. The molecule has 1 aromatic heterocycles. The molecule has 1 N–H and O–H groups in total. The predicted molar refractivity (Wildman–Crippen MR) is 185 cm³/mol. The van der Waals surface area contributed by atoms with Crippen LogP contribution >= 0.6 is 0 Å². The fourth-order valence-electron chi connectivity index (χ4n) is 6.21. The van der Waals surface area contributed by atoms with Crippen molar-refractivity contribution in [2.75, 3.05) is 53.6 Å². The maximum absolute atomic E-state index is 13.6. The van der Waals surface area contributed by atoms with Crippen molar-refractivity contribution >= 4 is 16.8 Å². The van der Waals surface area contributed by atoms with Gasteiger partial charge in [0, 0.05) is 62.2 Å². The van der Waals surface area contributed by atoms with E-state index in [1.54, 1.807) is 14.2 Å². The number of nitrogens with zero attached hydrogens (tertiary/aromatic N) is 2. The van der Waals surface area contributed by atoms with Crippen molar-refractivity contribution in [2.24, 2.45) is 0 Å². The highest BCUT2D eigenvalue weighted by molar-refractivity contribution is 5.87. The molecule has 2 heterocycles. The first-order valence-electron chi connectivity index (χ1n) is 16.2. The van der Waals surface area contributed by atoms with Crippen LogP contribution in [0.1, 0.15) is 34.6 Å². The number of methoxy groups -OCH3 is 2. The van der Waals surface area contributed by atoms with Crippen molar-refractivity contribution in [3.05, 3.63) is 126 Å². The van der Waals surface area contributed by atoms with E-state index in [2.05, 4.69) is 63.4 Å². The Labute approximate surface area is 276 Å². The lowest BCUT2D eigenvalue weighted by atomic mass is 9.87. The Bertz CT molecular complexity index is 1750. The van der Waals surface area contributed by atoms with Crippen molar-refractivity contribution in [1.29, 1.82) is 0 Å². The number of amides is 1. The van der Waals surface area contributed by atoms with Gasteiger partial charge in [0.15, 0.2) is 11.5 Å². The van der Waals surface area contributed by atoms with Crippen LogP contribution in [0, 0.1) is 0 Å². The number of carbonyl (C=O) groups excluding carboxylic acids is 1. The van der Waals surface area contributed by atoms with Gasteiger partial charge in [-0.2, -0.15) is 0 Å². The second-order valence-electron chi connectivity index (χ2n) is 11.8. The standard InChI is InChI=1S/C39H43N3O5/c1-44-32-15-12-29(13-16-32)26-42-27-35(33-10-6-7-11-36(33)42)34(25-39(43)40-18-19-41-20-22-46-23-21-41)31-14-17-37(38(24-31)45-2)47-28-30-8-4-3-5-9-30/h3-17,24,27,34H,18-23,25-26,28H2,1-2H3,(H,40,43)/t34-/m0/s1. The maximum Gasteiger partial charge on any atom is 0.220 e. The summed E-state index contributed by atoms with van der Waals surface area (Å²) < 4.78 is 25.1. The summed E-state index contributed by atoms with van der Waals surface area (Å²) in [5.41, 5.74) is 5.44. The number of benzene rings is 4. The first kappa shape index (κ1) is 32.2. The summed E-state index contributed by atoms with van der Waals surface area (Å²) in [4.78, 5) is 15.9. The molecule has 1 saturated heterocycles. The Morgan fingerprint density at radius 3 is 2.38 bits per heavy atom. The van der Waals surface area contributed by atoms with Crippen LogP contribution in [0.25, 0.3) is 10.9 Å². The minimum absolute atomic E-state index is 0.0126. The Hall–Kier alpha value is -4.79. The molecule has 0 unspecified atom stereocenters. The first-order chi connectivity index (χ1) is 23.1. The number of nitrogens with one attached hydrogen (secondary N) is 1. The van der Waals surface area contributed by atoms with Crippen LogP contribution in [-0.2, 0) is 22.7 Å². The lowest BCUT2D eigenvalue weighted by Crippen LogP contribution is -2.41. The van der Waals surface area contributed by atoms with Crippen molar-refractivity contribution in [3.63, 3.8) is 0 Å². The monoisotopic (exact) mass is 633 g/mol. The molecule has 1 amide bonds. The molecule has 4 aromatic carbocycles. The number of para-hydroxylation sites is 1. The normalized spacial score (nSPS) is 14.1. The smallest absolute Gasteiger partial charge is 0.220 e. The van der Waals surface area contributed by atoms with Crippen LogP contribution < -0.4 is 19.5 Å². The van der Waals surface area contributed by atoms with E-state index in [9.17, 15) is 4.79 Å². The second kappa shape index (κ2) is 15.7. The molecule has 5 aromatic rings. The van der Waals surface area contributed by atoms with Gasteiger partial charge in [-0.25, -0.2) is 0 Å². The van der Waals surface area contributed by atoms with Gasteiger partial charge in [-0.1, -0.05) is 66.7 Å². The van der Waals surface area contributed by atoms with Crippen LogP contribution in [0.3, 0.4) is 0 Å². The maximum atomic E-state index is 13.6. The fourth-order valence-corrected chi connectivity index (χ4v) is 6.21. The third-order valence-electron chi connectivity index (χ3n) is 8.78. The largest absolute Gasteiger partial charge is 0.497 e. The quantitative estimate of drug-likeness (QED) is 0.156. The summed E-state index contributed by atoms with van der Waals surface area (Å²) in [5.74, 6) is 1.93. The summed E-state index contributed by atoms with van der Waals surface area (Å²) >= 11 is 0. The van der Waals surface area contributed by atoms with Gasteiger partial charge in [0.25, 0.3) is 0 Å². The lowest BCUT2D eigenvalue weighted by molar-refractivity contribution is -0.121.